The Morgan fingerprint density at radius 3 is 3.07 bits per heavy atom. The lowest BCUT2D eigenvalue weighted by molar-refractivity contribution is -0.137. The monoisotopic (exact) mass is 219 g/mol. The average Bonchev–Trinajstić information content (AvgIpc) is 2.75. The molecule has 0 saturated heterocycles. The topological polar surface area (TPSA) is 50.1 Å². The number of rotatable bonds is 4. The van der Waals surface area contributed by atoms with Gasteiger partial charge in [-0.25, -0.2) is 4.79 Å². The average molecular weight is 219 g/mol. The number of hydrogen-bond donors (Lipinski definition) is 0. The summed E-state index contributed by atoms with van der Waals surface area (Å²) in [5.74, 6) is -0.622. The lowest BCUT2D eigenvalue weighted by atomic mass is 10.2. The highest BCUT2D eigenvalue weighted by molar-refractivity contribution is 7.08. The van der Waals surface area contributed by atoms with Crippen LogP contribution < -0.4 is 0 Å². The van der Waals surface area contributed by atoms with Crippen LogP contribution in [-0.2, 0) is 9.53 Å². The van der Waals surface area contributed by atoms with Gasteiger partial charge in [-0.3, -0.25) is 0 Å². The van der Waals surface area contributed by atoms with Gasteiger partial charge in [0.05, 0.1) is 0 Å². The summed E-state index contributed by atoms with van der Waals surface area (Å²) in [5, 5.41) is 12.5. The van der Waals surface area contributed by atoms with Crippen LogP contribution in [0.5, 0.6) is 0 Å². The van der Waals surface area contributed by atoms with Crippen LogP contribution in [-0.4, -0.2) is 12.6 Å². The number of esters is 1. The molecule has 0 radical (unpaired) electrons. The zero-order valence-corrected chi connectivity index (χ0v) is 8.79. The van der Waals surface area contributed by atoms with Gasteiger partial charge in [-0.05, 0) is 28.5 Å². The van der Waals surface area contributed by atoms with Crippen molar-refractivity contribution in [2.45, 2.75) is 0 Å². The van der Waals surface area contributed by atoms with E-state index in [1.165, 1.54) is 23.5 Å². The smallest absolute Gasteiger partial charge is 0.349 e. The molecule has 0 saturated carbocycles. The SMILES string of the molecule is C=CCOC(=O)/C(C#N)=C\c1ccsc1. The van der Waals surface area contributed by atoms with Gasteiger partial charge in [-0.1, -0.05) is 12.7 Å². The molecule has 76 valence electrons. The minimum Gasteiger partial charge on any atom is -0.457 e. The van der Waals surface area contributed by atoms with Gasteiger partial charge in [0.1, 0.15) is 18.2 Å². The van der Waals surface area contributed by atoms with E-state index < -0.39 is 5.97 Å². The molecule has 0 aliphatic carbocycles. The summed E-state index contributed by atoms with van der Waals surface area (Å²) in [7, 11) is 0. The normalized spacial score (nSPS) is 10.5. The van der Waals surface area contributed by atoms with Crippen molar-refractivity contribution in [1.29, 1.82) is 5.26 Å². The zero-order valence-electron chi connectivity index (χ0n) is 7.97. The molecule has 0 aliphatic heterocycles. The summed E-state index contributed by atoms with van der Waals surface area (Å²) in [6, 6.07) is 3.63. The van der Waals surface area contributed by atoms with E-state index in [-0.39, 0.29) is 12.2 Å². The maximum atomic E-state index is 11.3. The summed E-state index contributed by atoms with van der Waals surface area (Å²) in [6.45, 7) is 3.53. The quantitative estimate of drug-likeness (QED) is 0.338. The van der Waals surface area contributed by atoms with Crippen LogP contribution in [0.2, 0.25) is 0 Å². The van der Waals surface area contributed by atoms with Gasteiger partial charge in [-0.15, -0.1) is 0 Å². The van der Waals surface area contributed by atoms with Crippen molar-refractivity contribution in [2.75, 3.05) is 6.61 Å². The van der Waals surface area contributed by atoms with E-state index in [2.05, 4.69) is 6.58 Å². The summed E-state index contributed by atoms with van der Waals surface area (Å²) in [4.78, 5) is 11.3. The van der Waals surface area contributed by atoms with Crippen LogP contribution in [0, 0.1) is 11.3 Å². The lowest BCUT2D eigenvalue weighted by Crippen LogP contribution is -2.06. The maximum Gasteiger partial charge on any atom is 0.349 e. The van der Waals surface area contributed by atoms with Crippen molar-refractivity contribution in [1.82, 2.24) is 0 Å². The number of carbonyl (C=O) groups excluding carboxylic acids is 1. The molecule has 0 N–H and O–H groups in total. The molecule has 15 heavy (non-hydrogen) atoms. The van der Waals surface area contributed by atoms with Crippen LogP contribution in [0.25, 0.3) is 6.08 Å². The van der Waals surface area contributed by atoms with Gasteiger partial charge in [0.25, 0.3) is 0 Å². The van der Waals surface area contributed by atoms with Crippen LogP contribution in [0.3, 0.4) is 0 Å². The minimum absolute atomic E-state index is 0.00440. The summed E-state index contributed by atoms with van der Waals surface area (Å²) in [5.41, 5.74) is 0.822. The Morgan fingerprint density at radius 2 is 2.53 bits per heavy atom. The first-order chi connectivity index (χ1) is 7.27. The predicted molar refractivity (Wildman–Crippen MR) is 59.1 cm³/mol. The van der Waals surface area contributed by atoms with Crippen LogP contribution >= 0.6 is 11.3 Å². The van der Waals surface area contributed by atoms with Gasteiger partial charge in [-0.2, -0.15) is 16.6 Å². The molecule has 1 rings (SSSR count). The first-order valence-corrected chi connectivity index (χ1v) is 5.14. The third-order valence-corrected chi connectivity index (χ3v) is 2.23. The van der Waals surface area contributed by atoms with Crippen molar-refractivity contribution in [3.8, 4) is 6.07 Å². The Hall–Kier alpha value is -1.86. The van der Waals surface area contributed by atoms with E-state index in [0.717, 1.165) is 5.56 Å². The van der Waals surface area contributed by atoms with Crippen molar-refractivity contribution < 1.29 is 9.53 Å². The van der Waals surface area contributed by atoms with Crippen molar-refractivity contribution in [3.63, 3.8) is 0 Å². The number of ether oxygens (including phenoxy) is 1. The third-order valence-electron chi connectivity index (χ3n) is 1.53. The van der Waals surface area contributed by atoms with E-state index in [9.17, 15) is 4.79 Å². The number of thiophene rings is 1. The second kappa shape index (κ2) is 5.78. The fraction of sp³-hybridized carbons (Fsp3) is 0.0909. The number of nitriles is 1. The first kappa shape index (κ1) is 11.2. The number of carbonyl (C=O) groups is 1. The first-order valence-electron chi connectivity index (χ1n) is 4.20. The Labute approximate surface area is 91.9 Å². The Kier molecular flexibility index (Phi) is 4.32. The lowest BCUT2D eigenvalue weighted by Gasteiger charge is -1.98. The van der Waals surface area contributed by atoms with Gasteiger partial charge in [0.15, 0.2) is 0 Å². The van der Waals surface area contributed by atoms with Crippen molar-refractivity contribution >= 4 is 23.4 Å². The van der Waals surface area contributed by atoms with Crippen molar-refractivity contribution in [2.24, 2.45) is 0 Å². The Balaban J connectivity index is 2.76. The van der Waals surface area contributed by atoms with E-state index in [0.29, 0.717) is 0 Å². The predicted octanol–water partition coefficient (Wildman–Crippen LogP) is 2.38. The van der Waals surface area contributed by atoms with Gasteiger partial charge >= 0.3 is 5.97 Å². The zero-order chi connectivity index (χ0) is 11.1. The highest BCUT2D eigenvalue weighted by Crippen LogP contribution is 2.11. The van der Waals surface area contributed by atoms with Crippen LogP contribution in [0.4, 0.5) is 0 Å². The molecular formula is C11H9NO2S. The minimum atomic E-state index is -0.622. The maximum absolute atomic E-state index is 11.3. The molecular weight excluding hydrogens is 210 g/mol. The fourth-order valence-corrected chi connectivity index (χ4v) is 1.49. The highest BCUT2D eigenvalue weighted by Gasteiger charge is 2.09. The molecule has 3 nitrogen and oxygen atoms in total. The molecule has 0 aliphatic rings. The number of nitrogens with zero attached hydrogens (tertiary/aromatic N) is 1. The van der Waals surface area contributed by atoms with E-state index in [4.69, 9.17) is 10.00 Å². The summed E-state index contributed by atoms with van der Waals surface area (Å²) < 4.78 is 4.75. The number of hydrogen-bond acceptors (Lipinski definition) is 4. The molecule has 0 amide bonds. The largest absolute Gasteiger partial charge is 0.457 e. The second-order valence-corrected chi connectivity index (χ2v) is 3.39. The molecule has 1 aromatic rings. The van der Waals surface area contributed by atoms with Gasteiger partial charge in [0.2, 0.25) is 0 Å². The molecule has 0 aromatic carbocycles. The van der Waals surface area contributed by atoms with E-state index >= 15 is 0 Å². The van der Waals surface area contributed by atoms with E-state index in [1.54, 1.807) is 6.07 Å². The van der Waals surface area contributed by atoms with Gasteiger partial charge in [0, 0.05) is 0 Å². The van der Waals surface area contributed by atoms with Crippen molar-refractivity contribution in [3.05, 3.63) is 40.6 Å². The summed E-state index contributed by atoms with van der Waals surface area (Å²) in [6.07, 6.45) is 2.96. The molecule has 0 bridgehead atoms. The third kappa shape index (κ3) is 3.41. The standard InChI is InChI=1S/C11H9NO2S/c1-2-4-14-11(13)10(7-12)6-9-3-5-15-8-9/h2-3,5-6,8H,1,4H2/b10-6-. The summed E-state index contributed by atoms with van der Waals surface area (Å²) >= 11 is 1.50. The Bertz CT molecular complexity index is 412. The fourth-order valence-electron chi connectivity index (χ4n) is 0.873. The molecule has 0 atom stereocenters. The van der Waals surface area contributed by atoms with Crippen LogP contribution in [0.1, 0.15) is 5.56 Å². The molecule has 1 heterocycles. The molecule has 4 heteroatoms. The molecule has 0 spiro atoms. The molecule has 0 fully saturated rings. The molecule has 1 aromatic heterocycles. The van der Waals surface area contributed by atoms with Gasteiger partial charge < -0.3 is 4.74 Å². The molecule has 0 unspecified atom stereocenters. The second-order valence-electron chi connectivity index (χ2n) is 2.61. The van der Waals surface area contributed by atoms with Crippen LogP contribution in [0.15, 0.2) is 35.1 Å². The highest BCUT2D eigenvalue weighted by atomic mass is 32.1. The Morgan fingerprint density at radius 1 is 1.73 bits per heavy atom. The van der Waals surface area contributed by atoms with E-state index in [1.807, 2.05) is 16.8 Å².